The maximum Gasteiger partial charge on any atom is 0.230 e. The van der Waals surface area contributed by atoms with Gasteiger partial charge in [0.25, 0.3) is 0 Å². The Labute approximate surface area is 115 Å². The van der Waals surface area contributed by atoms with Crippen molar-refractivity contribution in [3.05, 3.63) is 35.4 Å². The molecule has 2 rings (SSSR count). The fourth-order valence-corrected chi connectivity index (χ4v) is 2.75. The minimum absolute atomic E-state index is 0.0276. The molecule has 1 fully saturated rings. The Bertz CT molecular complexity index is 452. The molecule has 1 amide bonds. The van der Waals surface area contributed by atoms with Crippen LogP contribution in [0.1, 0.15) is 43.7 Å². The first kappa shape index (κ1) is 14.1. The van der Waals surface area contributed by atoms with Crippen LogP contribution >= 0.6 is 0 Å². The topological polar surface area (TPSA) is 49.3 Å². The van der Waals surface area contributed by atoms with E-state index in [1.54, 1.807) is 0 Å². The molecule has 19 heavy (non-hydrogen) atoms. The molecular formula is C16H23NO2. The third kappa shape index (κ3) is 2.81. The van der Waals surface area contributed by atoms with Crippen molar-refractivity contribution in [2.75, 3.05) is 6.61 Å². The van der Waals surface area contributed by atoms with Gasteiger partial charge in [-0.2, -0.15) is 0 Å². The molecule has 1 unspecified atom stereocenters. The molecule has 2 N–H and O–H groups in total. The fraction of sp³-hybridized carbons (Fsp3) is 0.562. The molecule has 1 atom stereocenters. The zero-order valence-electron chi connectivity index (χ0n) is 11.8. The molecule has 0 spiro atoms. The Hall–Kier alpha value is -1.35. The van der Waals surface area contributed by atoms with Gasteiger partial charge in [0.05, 0.1) is 5.41 Å². The first-order valence-corrected chi connectivity index (χ1v) is 7.07. The van der Waals surface area contributed by atoms with Crippen LogP contribution in [0.25, 0.3) is 0 Å². The average molecular weight is 261 g/mol. The minimum atomic E-state index is -0.338. The third-order valence-corrected chi connectivity index (χ3v) is 4.15. The summed E-state index contributed by atoms with van der Waals surface area (Å²) in [5, 5.41) is 12.0. The van der Waals surface area contributed by atoms with Crippen molar-refractivity contribution in [1.82, 2.24) is 5.32 Å². The number of aryl methyl sites for hydroxylation is 1. The lowest BCUT2D eigenvalue weighted by Gasteiger charge is -2.41. The number of nitrogens with one attached hydrogen (secondary N) is 1. The molecule has 0 bridgehead atoms. The molecule has 1 aromatic rings. The second kappa shape index (κ2) is 5.74. The van der Waals surface area contributed by atoms with Gasteiger partial charge in [0, 0.05) is 12.6 Å². The molecule has 0 aromatic heterocycles. The van der Waals surface area contributed by atoms with Crippen LogP contribution in [0.15, 0.2) is 24.3 Å². The van der Waals surface area contributed by atoms with Crippen molar-refractivity contribution in [3.63, 3.8) is 0 Å². The number of aliphatic hydroxyl groups is 1. The monoisotopic (exact) mass is 261 g/mol. The molecule has 3 heteroatoms. The minimum Gasteiger partial charge on any atom is -0.396 e. The molecule has 0 saturated heterocycles. The van der Waals surface area contributed by atoms with E-state index in [-0.39, 0.29) is 24.0 Å². The van der Waals surface area contributed by atoms with Crippen molar-refractivity contribution >= 4 is 5.91 Å². The largest absolute Gasteiger partial charge is 0.396 e. The van der Waals surface area contributed by atoms with Gasteiger partial charge in [-0.3, -0.25) is 4.79 Å². The van der Waals surface area contributed by atoms with E-state index in [0.717, 1.165) is 24.8 Å². The smallest absolute Gasteiger partial charge is 0.230 e. The van der Waals surface area contributed by atoms with E-state index in [4.69, 9.17) is 5.11 Å². The van der Waals surface area contributed by atoms with Gasteiger partial charge >= 0.3 is 0 Å². The van der Waals surface area contributed by atoms with E-state index < -0.39 is 0 Å². The van der Waals surface area contributed by atoms with E-state index in [9.17, 15) is 4.79 Å². The standard InChI is InChI=1S/C16H23NO2/c1-12-5-3-6-14(11-12)16(8-4-9-16)15(19)17-13(2)7-10-18/h3,5-6,11,13,18H,4,7-10H2,1-2H3,(H,17,19). The Morgan fingerprint density at radius 3 is 2.74 bits per heavy atom. The van der Waals surface area contributed by atoms with Crippen LogP contribution in [0.2, 0.25) is 0 Å². The highest BCUT2D eigenvalue weighted by molar-refractivity contribution is 5.89. The SMILES string of the molecule is Cc1cccc(C2(C(=O)NC(C)CCO)CCC2)c1. The van der Waals surface area contributed by atoms with Crippen LogP contribution in [0.4, 0.5) is 0 Å². The van der Waals surface area contributed by atoms with Crippen molar-refractivity contribution in [1.29, 1.82) is 0 Å². The first-order chi connectivity index (χ1) is 9.08. The molecule has 104 valence electrons. The summed E-state index contributed by atoms with van der Waals surface area (Å²) in [6.07, 6.45) is 3.56. The number of benzene rings is 1. The molecule has 1 aliphatic rings. The molecular weight excluding hydrogens is 238 g/mol. The van der Waals surface area contributed by atoms with Gasteiger partial charge < -0.3 is 10.4 Å². The summed E-state index contributed by atoms with van der Waals surface area (Å²) in [5.74, 6) is 0.116. The predicted molar refractivity (Wildman–Crippen MR) is 76.0 cm³/mol. The number of hydrogen-bond acceptors (Lipinski definition) is 2. The van der Waals surface area contributed by atoms with E-state index in [2.05, 4.69) is 30.4 Å². The summed E-state index contributed by atoms with van der Waals surface area (Å²) in [6, 6.07) is 8.29. The first-order valence-electron chi connectivity index (χ1n) is 7.07. The van der Waals surface area contributed by atoms with E-state index in [1.807, 2.05) is 13.0 Å². The van der Waals surface area contributed by atoms with E-state index in [0.29, 0.717) is 6.42 Å². The molecule has 1 saturated carbocycles. The molecule has 1 aliphatic carbocycles. The summed E-state index contributed by atoms with van der Waals surface area (Å²) in [5.41, 5.74) is 1.99. The summed E-state index contributed by atoms with van der Waals surface area (Å²) < 4.78 is 0. The van der Waals surface area contributed by atoms with Crippen LogP contribution in [0, 0.1) is 6.92 Å². The predicted octanol–water partition coefficient (Wildman–Crippen LogP) is 2.30. The van der Waals surface area contributed by atoms with Gasteiger partial charge in [-0.1, -0.05) is 36.2 Å². The number of rotatable bonds is 5. The zero-order valence-corrected chi connectivity index (χ0v) is 11.8. The van der Waals surface area contributed by atoms with E-state index >= 15 is 0 Å². The van der Waals surface area contributed by atoms with Gasteiger partial charge in [-0.25, -0.2) is 0 Å². The van der Waals surface area contributed by atoms with Gasteiger partial charge in [-0.15, -0.1) is 0 Å². The lowest BCUT2D eigenvalue weighted by molar-refractivity contribution is -0.130. The molecule has 0 heterocycles. The van der Waals surface area contributed by atoms with Crippen LogP contribution in [-0.2, 0) is 10.2 Å². The van der Waals surface area contributed by atoms with Crippen LogP contribution in [0.3, 0.4) is 0 Å². The molecule has 3 nitrogen and oxygen atoms in total. The van der Waals surface area contributed by atoms with Crippen LogP contribution in [0.5, 0.6) is 0 Å². The lowest BCUT2D eigenvalue weighted by Crippen LogP contribution is -2.51. The average Bonchev–Trinajstić information content (AvgIpc) is 2.27. The number of amides is 1. The summed E-state index contributed by atoms with van der Waals surface area (Å²) in [6.45, 7) is 4.11. The quantitative estimate of drug-likeness (QED) is 0.854. The molecule has 0 aliphatic heterocycles. The van der Waals surface area contributed by atoms with E-state index in [1.165, 1.54) is 5.56 Å². The Morgan fingerprint density at radius 1 is 1.47 bits per heavy atom. The zero-order chi connectivity index (χ0) is 13.9. The van der Waals surface area contributed by atoms with Gasteiger partial charge in [0.2, 0.25) is 5.91 Å². The highest BCUT2D eigenvalue weighted by atomic mass is 16.3. The summed E-state index contributed by atoms with van der Waals surface area (Å²) in [4.78, 5) is 12.6. The highest BCUT2D eigenvalue weighted by Crippen LogP contribution is 2.44. The molecule has 1 aromatic carbocycles. The number of aliphatic hydroxyl groups excluding tert-OH is 1. The number of hydrogen-bond donors (Lipinski definition) is 2. The number of carbonyl (C=O) groups is 1. The highest BCUT2D eigenvalue weighted by Gasteiger charge is 2.45. The van der Waals surface area contributed by atoms with Crippen molar-refractivity contribution < 1.29 is 9.90 Å². The maximum atomic E-state index is 12.6. The lowest BCUT2D eigenvalue weighted by atomic mass is 9.63. The normalized spacial score (nSPS) is 18.5. The van der Waals surface area contributed by atoms with Crippen LogP contribution in [-0.4, -0.2) is 23.7 Å². The van der Waals surface area contributed by atoms with Crippen molar-refractivity contribution in [2.24, 2.45) is 0 Å². The second-order valence-electron chi connectivity index (χ2n) is 5.69. The maximum absolute atomic E-state index is 12.6. The van der Waals surface area contributed by atoms with Gasteiger partial charge in [0.1, 0.15) is 0 Å². The Balaban J connectivity index is 2.16. The number of carbonyl (C=O) groups excluding carboxylic acids is 1. The summed E-state index contributed by atoms with van der Waals surface area (Å²) in [7, 11) is 0. The third-order valence-electron chi connectivity index (χ3n) is 4.15. The Kier molecular flexibility index (Phi) is 4.25. The summed E-state index contributed by atoms with van der Waals surface area (Å²) >= 11 is 0. The van der Waals surface area contributed by atoms with Crippen molar-refractivity contribution in [2.45, 2.75) is 51.0 Å². The van der Waals surface area contributed by atoms with Gasteiger partial charge in [0.15, 0.2) is 0 Å². The van der Waals surface area contributed by atoms with Gasteiger partial charge in [-0.05, 0) is 38.7 Å². The van der Waals surface area contributed by atoms with Crippen molar-refractivity contribution in [3.8, 4) is 0 Å². The second-order valence-corrected chi connectivity index (χ2v) is 5.69. The van der Waals surface area contributed by atoms with Crippen LogP contribution < -0.4 is 5.32 Å². The Morgan fingerprint density at radius 2 is 2.21 bits per heavy atom. The fourth-order valence-electron chi connectivity index (χ4n) is 2.75. The molecule has 0 radical (unpaired) electrons.